The molecule has 0 aromatic rings. The minimum Gasteiger partial charge on any atom is -0.377 e. The van der Waals surface area contributed by atoms with Crippen LogP contribution in [0.2, 0.25) is 0 Å². The van der Waals surface area contributed by atoms with Crippen LogP contribution in [0.15, 0.2) is 23.9 Å². The fourth-order valence-electron chi connectivity index (χ4n) is 0.662. The highest BCUT2D eigenvalue weighted by atomic mass is 32.3. The average Bonchev–Trinajstić information content (AvgIpc) is 2.19. The van der Waals surface area contributed by atoms with Crippen LogP contribution in [0.1, 0.15) is 0 Å². The Bertz CT molecular complexity index is 391. The first-order valence-electron chi connectivity index (χ1n) is 3.91. The number of rotatable bonds is 1. The Morgan fingerprint density at radius 2 is 2.20 bits per heavy atom. The second-order valence-electron chi connectivity index (χ2n) is 2.62. The summed E-state index contributed by atoms with van der Waals surface area (Å²) in [5.41, 5.74) is 0.758. The lowest BCUT2D eigenvalue weighted by Gasteiger charge is -2.13. The third-order valence-corrected chi connectivity index (χ3v) is 1.87. The number of allylic oxidation sites excluding steroid dienone is 2. The van der Waals surface area contributed by atoms with E-state index < -0.39 is 10.4 Å². The monoisotopic (exact) mass is 232 g/mol. The van der Waals surface area contributed by atoms with Crippen LogP contribution in [0.4, 0.5) is 0 Å². The quantitative estimate of drug-likeness (QED) is 0.655. The molecule has 0 aliphatic carbocycles. The Hall–Kier alpha value is -1.36. The molecular formula is C8H12N2O4S. The summed E-state index contributed by atoms with van der Waals surface area (Å²) in [6.07, 6.45) is 5.61. The van der Waals surface area contributed by atoms with Gasteiger partial charge in [-0.1, -0.05) is 0 Å². The van der Waals surface area contributed by atoms with Crippen molar-refractivity contribution in [3.63, 3.8) is 0 Å². The minimum absolute atomic E-state index is 0.758. The second-order valence-corrected chi connectivity index (χ2v) is 3.81. The van der Waals surface area contributed by atoms with Crippen LogP contribution >= 0.6 is 0 Å². The maximum atomic E-state index is 9.33. The van der Waals surface area contributed by atoms with Gasteiger partial charge in [0.25, 0.3) is 0 Å². The van der Waals surface area contributed by atoms with E-state index in [0.717, 1.165) is 19.2 Å². The maximum absolute atomic E-state index is 9.33. The van der Waals surface area contributed by atoms with Gasteiger partial charge in [0.05, 0.1) is 18.8 Å². The van der Waals surface area contributed by atoms with E-state index in [1.807, 2.05) is 30.3 Å². The van der Waals surface area contributed by atoms with Gasteiger partial charge in [0.15, 0.2) is 0 Å². The second kappa shape index (κ2) is 6.19. The summed E-state index contributed by atoms with van der Waals surface area (Å²) in [6.45, 7) is 0.847. The number of nitriles is 1. The van der Waals surface area contributed by atoms with Gasteiger partial charge in [-0.15, -0.1) is 0 Å². The predicted octanol–water partition coefficient (Wildman–Crippen LogP) is 0.331. The molecule has 1 N–H and O–H groups in total. The summed E-state index contributed by atoms with van der Waals surface area (Å²) in [7, 11) is -1.32. The van der Waals surface area contributed by atoms with Crippen LogP contribution in [0.25, 0.3) is 0 Å². The first-order chi connectivity index (χ1) is 6.89. The van der Waals surface area contributed by atoms with Gasteiger partial charge < -0.3 is 4.90 Å². The highest BCUT2D eigenvalue weighted by molar-refractivity contribution is 7.80. The van der Waals surface area contributed by atoms with E-state index in [4.69, 9.17) is 9.81 Å². The van der Waals surface area contributed by atoms with Crippen LogP contribution in [-0.2, 0) is 14.6 Å². The van der Waals surface area contributed by atoms with Crippen molar-refractivity contribution in [2.45, 2.75) is 0 Å². The first-order valence-corrected chi connectivity index (χ1v) is 5.27. The minimum atomic E-state index is -4.16. The van der Waals surface area contributed by atoms with Crippen LogP contribution < -0.4 is 0 Å². The van der Waals surface area contributed by atoms with Crippen molar-refractivity contribution in [3.8, 4) is 6.07 Å². The van der Waals surface area contributed by atoms with E-state index in [2.05, 4.69) is 10.3 Å². The smallest absolute Gasteiger partial charge is 0.377 e. The predicted molar refractivity (Wildman–Crippen MR) is 54.0 cm³/mol. The summed E-state index contributed by atoms with van der Waals surface area (Å²) in [6, 6.07) is 2.07. The summed E-state index contributed by atoms with van der Waals surface area (Å²) in [5, 5.41) is 8.39. The molecule has 0 unspecified atom stereocenters. The van der Waals surface area contributed by atoms with Gasteiger partial charge in [-0.3, -0.25) is 8.74 Å². The molecule has 0 saturated carbocycles. The van der Waals surface area contributed by atoms with E-state index in [0.29, 0.717) is 0 Å². The molecule has 0 atom stereocenters. The van der Waals surface area contributed by atoms with Crippen molar-refractivity contribution >= 4 is 10.4 Å². The molecule has 1 rings (SSSR count). The van der Waals surface area contributed by atoms with Gasteiger partial charge in [-0.25, -0.2) is 0 Å². The van der Waals surface area contributed by atoms with Crippen LogP contribution in [-0.4, -0.2) is 38.6 Å². The summed E-state index contributed by atoms with van der Waals surface area (Å²) in [5.74, 6) is 0. The number of nitrogens with zero attached hydrogens (tertiary/aromatic N) is 2. The Morgan fingerprint density at radius 1 is 1.67 bits per heavy atom. The first kappa shape index (κ1) is 13.6. The molecular weight excluding hydrogens is 220 g/mol. The summed E-state index contributed by atoms with van der Waals surface area (Å²) >= 11 is 0. The van der Waals surface area contributed by atoms with E-state index in [1.165, 1.54) is 0 Å². The standard InChI is InChI=1S/C7H8N2.CH4O4S/c1-9-4-2-7(6-8)3-5-9;1-5-6(2,3)4/h2-4H,5H2,1H3;1H3,(H,2,3,4). The zero-order valence-corrected chi connectivity index (χ0v) is 9.23. The van der Waals surface area contributed by atoms with Gasteiger partial charge >= 0.3 is 10.4 Å². The number of likely N-dealkylation sites (N-methyl/N-ethyl adjacent to an activating group) is 1. The van der Waals surface area contributed by atoms with Crippen molar-refractivity contribution in [1.82, 2.24) is 4.90 Å². The molecule has 84 valence electrons. The molecule has 7 heteroatoms. The average molecular weight is 232 g/mol. The van der Waals surface area contributed by atoms with Crippen LogP contribution in [0.3, 0.4) is 0 Å². The van der Waals surface area contributed by atoms with Crippen molar-refractivity contribution in [2.24, 2.45) is 0 Å². The van der Waals surface area contributed by atoms with Crippen LogP contribution in [0, 0.1) is 11.3 Å². The highest BCUT2D eigenvalue weighted by Gasteiger charge is 1.96. The lowest BCUT2D eigenvalue weighted by molar-refractivity contribution is 0.324. The lowest BCUT2D eigenvalue weighted by atomic mass is 10.2. The fraction of sp³-hybridized carbons (Fsp3) is 0.375. The van der Waals surface area contributed by atoms with Gasteiger partial charge in [-0.2, -0.15) is 13.7 Å². The molecule has 0 amide bonds. The molecule has 0 spiro atoms. The molecule has 1 heterocycles. The Labute approximate surface area is 89.0 Å². The third kappa shape index (κ3) is 7.69. The summed E-state index contributed by atoms with van der Waals surface area (Å²) in [4.78, 5) is 2.01. The molecule has 1 aliphatic rings. The molecule has 0 aromatic carbocycles. The highest BCUT2D eigenvalue weighted by Crippen LogP contribution is 2.02. The van der Waals surface area contributed by atoms with Crippen molar-refractivity contribution < 1.29 is 17.2 Å². The zero-order valence-electron chi connectivity index (χ0n) is 8.41. The SMILES string of the molecule is CN1C=CC(C#N)=CC1.COS(=O)(=O)O. The van der Waals surface area contributed by atoms with E-state index in [-0.39, 0.29) is 0 Å². The lowest BCUT2D eigenvalue weighted by Crippen LogP contribution is -2.12. The third-order valence-electron chi connectivity index (χ3n) is 1.45. The number of hydrogen-bond acceptors (Lipinski definition) is 5. The van der Waals surface area contributed by atoms with Gasteiger partial charge in [0, 0.05) is 19.8 Å². The molecule has 0 aromatic heterocycles. The Kier molecular flexibility index (Phi) is 5.62. The van der Waals surface area contributed by atoms with E-state index in [1.54, 1.807) is 0 Å². The van der Waals surface area contributed by atoms with Gasteiger partial charge in [-0.05, 0) is 12.2 Å². The molecule has 0 fully saturated rings. The summed E-state index contributed by atoms with van der Waals surface area (Å²) < 4.78 is 29.7. The normalized spacial score (nSPS) is 14.8. The molecule has 6 nitrogen and oxygen atoms in total. The largest absolute Gasteiger partial charge is 0.397 e. The van der Waals surface area contributed by atoms with Crippen molar-refractivity contribution in [3.05, 3.63) is 23.9 Å². The van der Waals surface area contributed by atoms with E-state index in [9.17, 15) is 8.42 Å². The Balaban J connectivity index is 0.000000288. The number of hydrogen-bond donors (Lipinski definition) is 1. The van der Waals surface area contributed by atoms with Gasteiger partial charge in [0.1, 0.15) is 0 Å². The topological polar surface area (TPSA) is 90.6 Å². The molecule has 0 bridgehead atoms. The molecule has 0 radical (unpaired) electrons. The van der Waals surface area contributed by atoms with E-state index >= 15 is 0 Å². The molecule has 15 heavy (non-hydrogen) atoms. The Morgan fingerprint density at radius 3 is 2.47 bits per heavy atom. The van der Waals surface area contributed by atoms with Crippen molar-refractivity contribution in [1.29, 1.82) is 5.26 Å². The van der Waals surface area contributed by atoms with Gasteiger partial charge in [0.2, 0.25) is 0 Å². The molecule has 1 aliphatic heterocycles. The molecule has 0 saturated heterocycles. The van der Waals surface area contributed by atoms with Crippen LogP contribution in [0.5, 0.6) is 0 Å². The zero-order chi connectivity index (χ0) is 11.9. The maximum Gasteiger partial charge on any atom is 0.397 e. The van der Waals surface area contributed by atoms with Crippen molar-refractivity contribution in [2.75, 3.05) is 20.7 Å². The fourth-order valence-corrected chi connectivity index (χ4v) is 0.662.